The Morgan fingerprint density at radius 3 is 2.56 bits per heavy atom. The second kappa shape index (κ2) is 4.58. The molecule has 2 rings (SSSR count). The number of nitrogens with one attached hydrogen (secondary N) is 1. The van der Waals surface area contributed by atoms with Crippen molar-refractivity contribution in [2.45, 2.75) is 12.1 Å². The molecule has 1 heterocycles. The summed E-state index contributed by atoms with van der Waals surface area (Å²) in [4.78, 5) is 3.87. The number of guanidine groups is 1. The summed E-state index contributed by atoms with van der Waals surface area (Å²) in [6.45, 7) is 0. The first-order valence-corrected chi connectivity index (χ1v) is 5.53. The van der Waals surface area contributed by atoms with Crippen LogP contribution in [0, 0.1) is 0 Å². The number of aliphatic imine (C=N–C) groups is 1. The van der Waals surface area contributed by atoms with Crippen molar-refractivity contribution in [1.82, 2.24) is 5.32 Å². The van der Waals surface area contributed by atoms with E-state index in [-0.39, 0.29) is 5.96 Å². The van der Waals surface area contributed by atoms with Crippen molar-refractivity contribution in [1.29, 1.82) is 0 Å². The number of hydrogen-bond donors (Lipinski definition) is 4. The minimum Gasteiger partial charge on any atom is -0.497 e. The first-order valence-electron chi connectivity index (χ1n) is 5.53. The fourth-order valence-corrected chi connectivity index (χ4v) is 1.80. The number of nitrogens with zero attached hydrogens (tertiary/aromatic N) is 1. The van der Waals surface area contributed by atoms with Gasteiger partial charge in [0.15, 0.2) is 5.96 Å². The Morgan fingerprint density at radius 1 is 1.28 bits per heavy atom. The van der Waals surface area contributed by atoms with Crippen LogP contribution in [0.2, 0.25) is 0 Å². The number of methoxy groups -OCH3 is 1. The monoisotopic (exact) mass is 247 g/mol. The van der Waals surface area contributed by atoms with E-state index in [1.54, 1.807) is 7.11 Å². The van der Waals surface area contributed by atoms with Crippen molar-refractivity contribution in [3.05, 3.63) is 41.7 Å². The van der Waals surface area contributed by atoms with Crippen molar-refractivity contribution in [2.75, 3.05) is 7.11 Å². The first-order chi connectivity index (χ1) is 8.53. The molecule has 96 valence electrons. The highest BCUT2D eigenvalue weighted by atomic mass is 16.5. The smallest absolute Gasteiger partial charge is 0.195 e. The average molecular weight is 247 g/mol. The van der Waals surface area contributed by atoms with Crippen LogP contribution in [0.4, 0.5) is 0 Å². The van der Waals surface area contributed by atoms with Gasteiger partial charge in [-0.05, 0) is 17.7 Å². The van der Waals surface area contributed by atoms with Gasteiger partial charge in [-0.15, -0.1) is 0 Å². The third-order valence-corrected chi connectivity index (χ3v) is 2.85. The molecule has 0 radical (unpaired) electrons. The molecule has 0 saturated heterocycles. The minimum absolute atomic E-state index is 0.264. The van der Waals surface area contributed by atoms with E-state index in [1.165, 1.54) is 6.20 Å². The van der Waals surface area contributed by atoms with Crippen LogP contribution in [0.3, 0.4) is 0 Å². The molecular formula is C12H17N5O. The Morgan fingerprint density at radius 2 is 1.94 bits per heavy atom. The third-order valence-electron chi connectivity index (χ3n) is 2.85. The first kappa shape index (κ1) is 12.3. The maximum absolute atomic E-state index is 6.20. The van der Waals surface area contributed by atoms with Crippen molar-refractivity contribution in [3.63, 3.8) is 0 Å². The maximum Gasteiger partial charge on any atom is 0.195 e. The van der Waals surface area contributed by atoms with Gasteiger partial charge in [0, 0.05) is 6.42 Å². The minimum atomic E-state index is -0.902. The van der Waals surface area contributed by atoms with Crippen molar-refractivity contribution in [2.24, 2.45) is 22.2 Å². The van der Waals surface area contributed by atoms with E-state index in [0.717, 1.165) is 11.3 Å². The van der Waals surface area contributed by atoms with E-state index >= 15 is 0 Å². The van der Waals surface area contributed by atoms with Gasteiger partial charge in [0.1, 0.15) is 11.4 Å². The molecule has 1 aliphatic heterocycles. The van der Waals surface area contributed by atoms with E-state index in [4.69, 9.17) is 21.9 Å². The molecule has 1 aliphatic rings. The highest BCUT2D eigenvalue weighted by molar-refractivity contribution is 5.81. The predicted molar refractivity (Wildman–Crippen MR) is 70.6 cm³/mol. The molecule has 0 bridgehead atoms. The predicted octanol–water partition coefficient (Wildman–Crippen LogP) is -0.389. The Kier molecular flexibility index (Phi) is 3.12. The van der Waals surface area contributed by atoms with Gasteiger partial charge < -0.3 is 27.3 Å². The van der Waals surface area contributed by atoms with Gasteiger partial charge in [-0.2, -0.15) is 0 Å². The zero-order valence-corrected chi connectivity index (χ0v) is 10.2. The van der Waals surface area contributed by atoms with Crippen LogP contribution in [0.15, 0.2) is 41.2 Å². The number of benzene rings is 1. The summed E-state index contributed by atoms with van der Waals surface area (Å²) in [7, 11) is 1.63. The summed E-state index contributed by atoms with van der Waals surface area (Å²) in [6.07, 6.45) is 1.99. The van der Waals surface area contributed by atoms with Crippen LogP contribution in [-0.4, -0.2) is 18.7 Å². The van der Waals surface area contributed by atoms with Crippen LogP contribution >= 0.6 is 0 Å². The van der Waals surface area contributed by atoms with Crippen LogP contribution in [0.1, 0.15) is 5.56 Å². The van der Waals surface area contributed by atoms with Gasteiger partial charge in [0.2, 0.25) is 0 Å². The summed E-state index contributed by atoms with van der Waals surface area (Å²) < 4.78 is 5.10. The fraction of sp³-hybridized carbons (Fsp3) is 0.250. The lowest BCUT2D eigenvalue weighted by Gasteiger charge is -2.33. The van der Waals surface area contributed by atoms with Gasteiger partial charge in [-0.1, -0.05) is 12.1 Å². The molecule has 0 saturated carbocycles. The molecule has 7 N–H and O–H groups in total. The van der Waals surface area contributed by atoms with E-state index in [9.17, 15) is 0 Å². The van der Waals surface area contributed by atoms with Crippen LogP contribution in [0.25, 0.3) is 0 Å². The lowest BCUT2D eigenvalue weighted by molar-refractivity contribution is 0.413. The average Bonchev–Trinajstić information content (AvgIpc) is 2.35. The highest BCUT2D eigenvalue weighted by Crippen LogP contribution is 2.18. The van der Waals surface area contributed by atoms with E-state index in [2.05, 4.69) is 10.3 Å². The molecule has 0 aromatic heterocycles. The molecule has 1 aromatic rings. The van der Waals surface area contributed by atoms with E-state index < -0.39 is 5.66 Å². The van der Waals surface area contributed by atoms with E-state index in [1.807, 2.05) is 24.3 Å². The van der Waals surface area contributed by atoms with Gasteiger partial charge >= 0.3 is 0 Å². The third kappa shape index (κ3) is 2.38. The molecule has 1 aromatic carbocycles. The Hall–Kier alpha value is -2.21. The summed E-state index contributed by atoms with van der Waals surface area (Å²) in [5, 5.41) is 2.90. The SMILES string of the molecule is COc1ccc(CC2(N)NC(N)=NC=C2N)cc1. The lowest BCUT2D eigenvalue weighted by atomic mass is 9.97. The second-order valence-corrected chi connectivity index (χ2v) is 4.22. The number of rotatable bonds is 3. The molecule has 0 amide bonds. The van der Waals surface area contributed by atoms with E-state index in [0.29, 0.717) is 12.1 Å². The topological polar surface area (TPSA) is 112 Å². The Labute approximate surface area is 106 Å². The Bertz CT molecular complexity index is 494. The number of ether oxygens (including phenoxy) is 1. The van der Waals surface area contributed by atoms with Gasteiger partial charge in [-0.3, -0.25) is 0 Å². The molecule has 1 atom stereocenters. The zero-order valence-electron chi connectivity index (χ0n) is 10.2. The molecule has 0 spiro atoms. The molecular weight excluding hydrogens is 230 g/mol. The quantitative estimate of drug-likeness (QED) is 0.581. The van der Waals surface area contributed by atoms with Gasteiger partial charge in [0.25, 0.3) is 0 Å². The molecule has 6 heteroatoms. The molecule has 6 nitrogen and oxygen atoms in total. The standard InChI is InChI=1S/C12H17N5O/c1-18-9-4-2-8(3-5-9)6-12(15)10(13)7-16-11(14)17-12/h2-5,7H,6,13,15H2,1H3,(H3,14,16,17). The van der Waals surface area contributed by atoms with Gasteiger partial charge in [-0.25, -0.2) is 4.99 Å². The van der Waals surface area contributed by atoms with Crippen LogP contribution in [0.5, 0.6) is 5.75 Å². The van der Waals surface area contributed by atoms with Crippen molar-refractivity contribution >= 4 is 5.96 Å². The summed E-state index contributed by atoms with van der Waals surface area (Å²) >= 11 is 0. The molecule has 0 fully saturated rings. The van der Waals surface area contributed by atoms with Crippen molar-refractivity contribution < 1.29 is 4.74 Å². The van der Waals surface area contributed by atoms with Crippen LogP contribution < -0.4 is 27.3 Å². The second-order valence-electron chi connectivity index (χ2n) is 4.22. The largest absolute Gasteiger partial charge is 0.497 e. The molecule has 1 unspecified atom stereocenters. The molecule has 18 heavy (non-hydrogen) atoms. The van der Waals surface area contributed by atoms with Crippen LogP contribution in [-0.2, 0) is 6.42 Å². The number of hydrogen-bond acceptors (Lipinski definition) is 6. The normalized spacial score (nSPS) is 22.8. The molecule has 0 aliphatic carbocycles. The maximum atomic E-state index is 6.20. The lowest BCUT2D eigenvalue weighted by Crippen LogP contribution is -2.63. The summed E-state index contributed by atoms with van der Waals surface area (Å²) in [6, 6.07) is 7.62. The Balaban J connectivity index is 2.17. The van der Waals surface area contributed by atoms with Crippen molar-refractivity contribution in [3.8, 4) is 5.75 Å². The highest BCUT2D eigenvalue weighted by Gasteiger charge is 2.31. The zero-order chi connectivity index (χ0) is 13.2. The summed E-state index contributed by atoms with van der Waals surface area (Å²) in [5.74, 6) is 1.06. The number of nitrogens with two attached hydrogens (primary N) is 3. The summed E-state index contributed by atoms with van der Waals surface area (Å²) in [5.41, 5.74) is 18.2. The fourth-order valence-electron chi connectivity index (χ4n) is 1.80. The van der Waals surface area contributed by atoms with Gasteiger partial charge in [0.05, 0.1) is 19.0 Å².